The Balaban J connectivity index is 1.69. The van der Waals surface area contributed by atoms with Crippen LogP contribution < -0.4 is 10.6 Å². The van der Waals surface area contributed by atoms with Gasteiger partial charge in [0.25, 0.3) is 5.91 Å². The number of hydrogen-bond donors (Lipinski definition) is 2. The Labute approximate surface area is 134 Å². The Hall–Kier alpha value is -1.85. The SMILES string of the molecule is O=C1Nc2cc(Br)ccc2C1Nc1ccc2sccc2c1. The minimum Gasteiger partial charge on any atom is -0.370 e. The molecular weight excluding hydrogens is 348 g/mol. The van der Waals surface area contributed by atoms with E-state index in [9.17, 15) is 4.79 Å². The Morgan fingerprint density at radius 1 is 1.14 bits per heavy atom. The van der Waals surface area contributed by atoms with E-state index in [1.165, 1.54) is 10.1 Å². The molecule has 2 N–H and O–H groups in total. The number of fused-ring (bicyclic) bond motifs is 2. The number of thiophene rings is 1. The first-order valence-electron chi connectivity index (χ1n) is 6.55. The summed E-state index contributed by atoms with van der Waals surface area (Å²) in [5, 5.41) is 9.50. The van der Waals surface area contributed by atoms with Gasteiger partial charge in [0.1, 0.15) is 6.04 Å². The summed E-state index contributed by atoms with van der Waals surface area (Å²) in [4.78, 5) is 12.2. The summed E-state index contributed by atoms with van der Waals surface area (Å²) in [6.45, 7) is 0. The van der Waals surface area contributed by atoms with E-state index in [1.54, 1.807) is 11.3 Å². The van der Waals surface area contributed by atoms with Crippen molar-refractivity contribution in [3.63, 3.8) is 0 Å². The lowest BCUT2D eigenvalue weighted by Gasteiger charge is -2.13. The van der Waals surface area contributed by atoms with Crippen LogP contribution in [-0.4, -0.2) is 5.91 Å². The molecule has 0 radical (unpaired) electrons. The summed E-state index contributed by atoms with van der Waals surface area (Å²) in [6, 6.07) is 13.8. The largest absolute Gasteiger partial charge is 0.370 e. The zero-order valence-electron chi connectivity index (χ0n) is 10.9. The molecule has 0 fully saturated rings. The van der Waals surface area contributed by atoms with Crippen LogP contribution in [-0.2, 0) is 4.79 Å². The van der Waals surface area contributed by atoms with Crippen molar-refractivity contribution in [3.8, 4) is 0 Å². The Kier molecular flexibility index (Phi) is 2.97. The zero-order chi connectivity index (χ0) is 14.4. The second kappa shape index (κ2) is 4.86. The van der Waals surface area contributed by atoms with Crippen molar-refractivity contribution in [3.05, 3.63) is 57.9 Å². The lowest BCUT2D eigenvalue weighted by molar-refractivity contribution is -0.116. The minimum absolute atomic E-state index is 0.0199. The molecule has 1 atom stereocenters. The first-order chi connectivity index (χ1) is 10.2. The molecule has 0 aliphatic carbocycles. The van der Waals surface area contributed by atoms with Crippen molar-refractivity contribution in [1.29, 1.82) is 0 Å². The number of carbonyl (C=O) groups is 1. The van der Waals surface area contributed by atoms with E-state index in [1.807, 2.05) is 24.3 Å². The molecule has 2 heterocycles. The zero-order valence-corrected chi connectivity index (χ0v) is 13.3. The number of carbonyl (C=O) groups excluding carboxylic acids is 1. The maximum atomic E-state index is 12.2. The van der Waals surface area contributed by atoms with Crippen LogP contribution in [0, 0.1) is 0 Å². The third-order valence-corrected chi connectivity index (χ3v) is 5.00. The first kappa shape index (κ1) is 12.9. The van der Waals surface area contributed by atoms with Crippen LogP contribution in [0.15, 0.2) is 52.3 Å². The van der Waals surface area contributed by atoms with Crippen molar-refractivity contribution < 1.29 is 4.79 Å². The fourth-order valence-electron chi connectivity index (χ4n) is 2.60. The maximum absolute atomic E-state index is 12.2. The number of halogens is 1. The molecule has 0 saturated carbocycles. The lowest BCUT2D eigenvalue weighted by Crippen LogP contribution is -2.19. The number of anilines is 2. The summed E-state index contributed by atoms with van der Waals surface area (Å²) in [5.74, 6) is -0.0199. The van der Waals surface area contributed by atoms with Crippen LogP contribution in [0.2, 0.25) is 0 Å². The van der Waals surface area contributed by atoms with Gasteiger partial charge in [-0.2, -0.15) is 0 Å². The van der Waals surface area contributed by atoms with E-state index in [-0.39, 0.29) is 11.9 Å². The van der Waals surface area contributed by atoms with E-state index in [0.717, 1.165) is 21.4 Å². The van der Waals surface area contributed by atoms with Crippen molar-refractivity contribution in [2.24, 2.45) is 0 Å². The number of rotatable bonds is 2. The maximum Gasteiger partial charge on any atom is 0.251 e. The highest BCUT2D eigenvalue weighted by Gasteiger charge is 2.30. The van der Waals surface area contributed by atoms with Crippen LogP contribution in [0.3, 0.4) is 0 Å². The lowest BCUT2D eigenvalue weighted by atomic mass is 10.1. The monoisotopic (exact) mass is 358 g/mol. The Morgan fingerprint density at radius 3 is 2.95 bits per heavy atom. The van der Waals surface area contributed by atoms with E-state index in [4.69, 9.17) is 0 Å². The van der Waals surface area contributed by atoms with Gasteiger partial charge in [-0.15, -0.1) is 11.3 Å². The van der Waals surface area contributed by atoms with E-state index >= 15 is 0 Å². The average molecular weight is 359 g/mol. The average Bonchev–Trinajstić information content (AvgIpc) is 3.03. The van der Waals surface area contributed by atoms with Crippen LogP contribution >= 0.6 is 27.3 Å². The van der Waals surface area contributed by atoms with Gasteiger partial charge in [0.15, 0.2) is 0 Å². The van der Waals surface area contributed by atoms with Crippen molar-refractivity contribution in [2.75, 3.05) is 10.6 Å². The molecule has 0 saturated heterocycles. The predicted octanol–water partition coefficient (Wildman–Crippen LogP) is 4.77. The van der Waals surface area contributed by atoms with Gasteiger partial charge < -0.3 is 10.6 Å². The molecule has 21 heavy (non-hydrogen) atoms. The van der Waals surface area contributed by atoms with Crippen molar-refractivity contribution in [2.45, 2.75) is 6.04 Å². The summed E-state index contributed by atoms with van der Waals surface area (Å²) in [7, 11) is 0. The van der Waals surface area contributed by atoms with Crippen LogP contribution in [0.5, 0.6) is 0 Å². The summed E-state index contributed by atoms with van der Waals surface area (Å²) < 4.78 is 2.21. The molecule has 4 rings (SSSR count). The topological polar surface area (TPSA) is 41.1 Å². The fraction of sp³-hybridized carbons (Fsp3) is 0.0625. The van der Waals surface area contributed by atoms with Gasteiger partial charge in [0.2, 0.25) is 0 Å². The van der Waals surface area contributed by atoms with Gasteiger partial charge >= 0.3 is 0 Å². The third-order valence-electron chi connectivity index (χ3n) is 3.61. The molecule has 1 amide bonds. The van der Waals surface area contributed by atoms with Crippen LogP contribution in [0.1, 0.15) is 11.6 Å². The van der Waals surface area contributed by atoms with Gasteiger partial charge in [-0.05, 0) is 47.2 Å². The molecule has 2 aromatic carbocycles. The standard InChI is InChI=1S/C16H11BrN2OS/c17-10-1-3-12-13(8-10)19-16(20)15(12)18-11-2-4-14-9(7-11)5-6-21-14/h1-8,15,18H,(H,19,20). The molecule has 3 nitrogen and oxygen atoms in total. The fourth-order valence-corrected chi connectivity index (χ4v) is 3.73. The summed E-state index contributed by atoms with van der Waals surface area (Å²) in [6.07, 6.45) is 0. The second-order valence-corrected chi connectivity index (χ2v) is 6.83. The van der Waals surface area contributed by atoms with E-state index in [0.29, 0.717) is 0 Å². The van der Waals surface area contributed by atoms with E-state index < -0.39 is 0 Å². The van der Waals surface area contributed by atoms with E-state index in [2.05, 4.69) is 50.1 Å². The summed E-state index contributed by atoms with van der Waals surface area (Å²) >= 11 is 5.14. The first-order valence-corrected chi connectivity index (χ1v) is 8.22. The van der Waals surface area contributed by atoms with Crippen molar-refractivity contribution >= 4 is 54.6 Å². The number of amides is 1. The summed E-state index contributed by atoms with van der Waals surface area (Å²) in [5.41, 5.74) is 2.80. The highest BCUT2D eigenvalue weighted by atomic mass is 79.9. The van der Waals surface area contributed by atoms with Crippen LogP contribution in [0.4, 0.5) is 11.4 Å². The molecule has 0 bridgehead atoms. The number of nitrogens with one attached hydrogen (secondary N) is 2. The Bertz CT molecular complexity index is 858. The quantitative estimate of drug-likeness (QED) is 0.692. The molecule has 1 unspecified atom stereocenters. The molecule has 0 spiro atoms. The van der Waals surface area contributed by atoms with Gasteiger partial charge in [-0.3, -0.25) is 4.79 Å². The van der Waals surface area contributed by atoms with Gasteiger partial charge in [0, 0.05) is 26.1 Å². The second-order valence-electron chi connectivity index (χ2n) is 4.97. The highest BCUT2D eigenvalue weighted by molar-refractivity contribution is 9.10. The minimum atomic E-state index is -0.343. The molecule has 1 aliphatic heterocycles. The molecule has 1 aliphatic rings. The van der Waals surface area contributed by atoms with Crippen LogP contribution in [0.25, 0.3) is 10.1 Å². The molecule has 5 heteroatoms. The number of hydrogen-bond acceptors (Lipinski definition) is 3. The molecule has 3 aromatic rings. The molecular formula is C16H11BrN2OS. The number of benzene rings is 2. The van der Waals surface area contributed by atoms with Gasteiger partial charge in [-0.1, -0.05) is 22.0 Å². The third kappa shape index (κ3) is 2.22. The Morgan fingerprint density at radius 2 is 2.05 bits per heavy atom. The van der Waals surface area contributed by atoms with Gasteiger partial charge in [-0.25, -0.2) is 0 Å². The molecule has 1 aromatic heterocycles. The highest BCUT2D eigenvalue weighted by Crippen LogP contribution is 2.35. The van der Waals surface area contributed by atoms with Gasteiger partial charge in [0.05, 0.1) is 0 Å². The molecule has 104 valence electrons. The smallest absolute Gasteiger partial charge is 0.251 e. The van der Waals surface area contributed by atoms with Crippen molar-refractivity contribution in [1.82, 2.24) is 0 Å². The predicted molar refractivity (Wildman–Crippen MR) is 91.0 cm³/mol. The normalized spacial score (nSPS) is 16.8.